The molecule has 0 bridgehead atoms. The maximum atomic E-state index is 12.4. The van der Waals surface area contributed by atoms with E-state index in [9.17, 15) is 22.0 Å². The Balaban J connectivity index is 1.60. The van der Waals surface area contributed by atoms with E-state index in [1.807, 2.05) is 18.2 Å². The van der Waals surface area contributed by atoms with E-state index in [-0.39, 0.29) is 11.5 Å². The van der Waals surface area contributed by atoms with E-state index in [0.29, 0.717) is 12.1 Å². The topological polar surface area (TPSA) is 75.3 Å². The third-order valence-electron chi connectivity index (χ3n) is 4.21. The molecule has 0 saturated carbocycles. The van der Waals surface area contributed by atoms with E-state index >= 15 is 0 Å². The number of halogens is 2. The van der Waals surface area contributed by atoms with Crippen LogP contribution in [0.25, 0.3) is 0 Å². The van der Waals surface area contributed by atoms with E-state index in [0.717, 1.165) is 18.7 Å². The molecule has 0 atom stereocenters. The van der Waals surface area contributed by atoms with Crippen LogP contribution in [-0.2, 0) is 35.2 Å². The number of carbonyl (C=O) groups is 1. The van der Waals surface area contributed by atoms with Gasteiger partial charge in [0.1, 0.15) is 0 Å². The van der Waals surface area contributed by atoms with Crippen LogP contribution in [0.5, 0.6) is 0 Å². The van der Waals surface area contributed by atoms with Crippen LogP contribution in [-0.4, -0.2) is 20.1 Å². The van der Waals surface area contributed by atoms with E-state index in [4.69, 9.17) is 0 Å². The minimum absolute atomic E-state index is 0.216. The number of carbonyl (C=O) groups excluding carboxylic acids is 1. The number of fused-ring (bicyclic) bond motifs is 1. The molecule has 2 N–H and O–H groups in total. The maximum absolute atomic E-state index is 12.4. The van der Waals surface area contributed by atoms with Crippen LogP contribution >= 0.6 is 0 Å². The molecule has 0 fully saturated rings. The SMILES string of the molecule is O=C(NCc1ccc2c(c1)CNC2)c1ccc(CS(=O)(=O)C(F)F)cc1. The smallest absolute Gasteiger partial charge is 0.337 e. The summed E-state index contributed by atoms with van der Waals surface area (Å²) in [6, 6.07) is 11.6. The van der Waals surface area contributed by atoms with Crippen LogP contribution in [0, 0.1) is 0 Å². The zero-order valence-corrected chi connectivity index (χ0v) is 14.7. The van der Waals surface area contributed by atoms with Gasteiger partial charge in [-0.1, -0.05) is 30.3 Å². The van der Waals surface area contributed by atoms with Crippen molar-refractivity contribution < 1.29 is 22.0 Å². The third kappa shape index (κ3) is 4.25. The van der Waals surface area contributed by atoms with E-state index in [1.54, 1.807) is 0 Å². The van der Waals surface area contributed by atoms with Crippen molar-refractivity contribution in [3.8, 4) is 0 Å². The monoisotopic (exact) mass is 380 g/mol. The lowest BCUT2D eigenvalue weighted by Crippen LogP contribution is -2.23. The first-order valence-corrected chi connectivity index (χ1v) is 9.75. The van der Waals surface area contributed by atoms with Gasteiger partial charge in [-0.3, -0.25) is 4.79 Å². The fourth-order valence-electron chi connectivity index (χ4n) is 2.79. The maximum Gasteiger partial charge on any atom is 0.337 e. The second-order valence-corrected chi connectivity index (χ2v) is 8.12. The zero-order chi connectivity index (χ0) is 18.7. The summed E-state index contributed by atoms with van der Waals surface area (Å²) in [6.07, 6.45) is 0. The molecule has 5 nitrogen and oxygen atoms in total. The summed E-state index contributed by atoms with van der Waals surface area (Å²) in [6.45, 7) is 2.04. The molecule has 26 heavy (non-hydrogen) atoms. The first-order chi connectivity index (χ1) is 12.3. The standard InChI is InChI=1S/C18H18F2N2O3S/c19-18(20)26(24,25)11-12-1-4-14(5-2-12)17(23)22-8-13-3-6-15-9-21-10-16(15)7-13/h1-7,18,21H,8-11H2,(H,22,23). The number of benzene rings is 2. The van der Waals surface area contributed by atoms with Crippen LogP contribution in [0.15, 0.2) is 42.5 Å². The molecule has 2 aromatic rings. The quantitative estimate of drug-likeness (QED) is 0.807. The third-order valence-corrected chi connectivity index (χ3v) is 5.49. The first kappa shape index (κ1) is 18.5. The van der Waals surface area contributed by atoms with Crippen LogP contribution in [0.4, 0.5) is 8.78 Å². The molecule has 0 unspecified atom stereocenters. The summed E-state index contributed by atoms with van der Waals surface area (Å²) >= 11 is 0. The predicted molar refractivity (Wildman–Crippen MR) is 93.2 cm³/mol. The highest BCUT2D eigenvalue weighted by Crippen LogP contribution is 2.17. The summed E-state index contributed by atoms with van der Waals surface area (Å²) in [5, 5.41) is 6.05. The number of sulfone groups is 1. The van der Waals surface area contributed by atoms with Crippen LogP contribution in [0.3, 0.4) is 0 Å². The molecular formula is C18H18F2N2O3S. The van der Waals surface area contributed by atoms with Crippen molar-refractivity contribution in [2.45, 2.75) is 31.1 Å². The molecule has 0 spiro atoms. The van der Waals surface area contributed by atoms with Gasteiger partial charge in [0.25, 0.3) is 5.91 Å². The minimum atomic E-state index is -4.47. The number of rotatable bonds is 6. The lowest BCUT2D eigenvalue weighted by molar-refractivity contribution is 0.0951. The van der Waals surface area contributed by atoms with Gasteiger partial charge in [-0.05, 0) is 34.4 Å². The Labute approximate surface area is 150 Å². The van der Waals surface area contributed by atoms with Crippen molar-refractivity contribution in [1.29, 1.82) is 0 Å². The Morgan fingerprint density at radius 2 is 1.69 bits per heavy atom. The van der Waals surface area contributed by atoms with Crippen LogP contribution in [0.2, 0.25) is 0 Å². The predicted octanol–water partition coefficient (Wildman–Crippen LogP) is 2.36. The van der Waals surface area contributed by atoms with Gasteiger partial charge in [-0.2, -0.15) is 8.78 Å². The normalized spacial score (nSPS) is 13.7. The lowest BCUT2D eigenvalue weighted by atomic mass is 10.1. The zero-order valence-electron chi connectivity index (χ0n) is 13.8. The van der Waals surface area contributed by atoms with Gasteiger partial charge in [0.2, 0.25) is 9.84 Å². The van der Waals surface area contributed by atoms with Crippen molar-refractivity contribution in [3.63, 3.8) is 0 Å². The molecule has 0 aromatic heterocycles. The van der Waals surface area contributed by atoms with Crippen LogP contribution in [0.1, 0.15) is 32.6 Å². The summed E-state index contributed by atoms with van der Waals surface area (Å²) < 4.78 is 47.2. The number of hydrogen-bond donors (Lipinski definition) is 2. The molecule has 138 valence electrons. The highest BCUT2D eigenvalue weighted by molar-refractivity contribution is 7.90. The Morgan fingerprint density at radius 1 is 1.04 bits per heavy atom. The minimum Gasteiger partial charge on any atom is -0.348 e. The Hall–Kier alpha value is -2.32. The fourth-order valence-corrected chi connectivity index (χ4v) is 3.57. The van der Waals surface area contributed by atoms with Crippen molar-refractivity contribution in [1.82, 2.24) is 10.6 Å². The average molecular weight is 380 g/mol. The highest BCUT2D eigenvalue weighted by atomic mass is 32.2. The molecule has 1 aliphatic rings. The molecular weight excluding hydrogens is 362 g/mol. The molecule has 1 aliphatic heterocycles. The molecule has 0 saturated heterocycles. The van der Waals surface area contributed by atoms with Gasteiger partial charge >= 0.3 is 5.76 Å². The van der Waals surface area contributed by atoms with Gasteiger partial charge in [-0.15, -0.1) is 0 Å². The summed E-state index contributed by atoms with van der Waals surface area (Å²) in [5.74, 6) is -4.48. The van der Waals surface area contributed by atoms with Crippen molar-refractivity contribution in [3.05, 3.63) is 70.3 Å². The molecule has 2 aromatic carbocycles. The lowest BCUT2D eigenvalue weighted by Gasteiger charge is -2.08. The van der Waals surface area contributed by atoms with Crippen molar-refractivity contribution in [2.24, 2.45) is 0 Å². The number of nitrogens with one attached hydrogen (secondary N) is 2. The van der Waals surface area contributed by atoms with E-state index < -0.39 is 21.3 Å². The van der Waals surface area contributed by atoms with Crippen LogP contribution < -0.4 is 10.6 Å². The summed E-state index contributed by atoms with van der Waals surface area (Å²) in [4.78, 5) is 12.2. The number of hydrogen-bond acceptors (Lipinski definition) is 4. The molecule has 0 radical (unpaired) electrons. The summed E-state index contributed by atoms with van der Waals surface area (Å²) in [7, 11) is -4.47. The van der Waals surface area contributed by atoms with Crippen molar-refractivity contribution in [2.75, 3.05) is 0 Å². The van der Waals surface area contributed by atoms with E-state index in [1.165, 1.54) is 35.4 Å². The van der Waals surface area contributed by atoms with Gasteiger partial charge in [0.05, 0.1) is 5.75 Å². The molecule has 3 rings (SSSR count). The fraction of sp³-hybridized carbons (Fsp3) is 0.278. The second kappa shape index (κ2) is 7.51. The molecule has 8 heteroatoms. The Morgan fingerprint density at radius 3 is 2.38 bits per heavy atom. The van der Waals surface area contributed by atoms with Crippen molar-refractivity contribution >= 4 is 15.7 Å². The van der Waals surface area contributed by atoms with Gasteiger partial charge in [0, 0.05) is 25.2 Å². The number of alkyl halides is 2. The number of amides is 1. The Bertz CT molecular complexity index is 913. The molecule has 1 heterocycles. The summed E-state index contributed by atoms with van der Waals surface area (Å²) in [5.41, 5.74) is 4.02. The Kier molecular flexibility index (Phi) is 5.33. The second-order valence-electron chi connectivity index (χ2n) is 6.15. The van der Waals surface area contributed by atoms with Gasteiger partial charge < -0.3 is 10.6 Å². The molecule has 0 aliphatic carbocycles. The largest absolute Gasteiger partial charge is 0.348 e. The highest BCUT2D eigenvalue weighted by Gasteiger charge is 2.24. The average Bonchev–Trinajstić information content (AvgIpc) is 3.07. The van der Waals surface area contributed by atoms with Gasteiger partial charge in [-0.25, -0.2) is 8.42 Å². The van der Waals surface area contributed by atoms with Gasteiger partial charge in [0.15, 0.2) is 0 Å². The first-order valence-electron chi connectivity index (χ1n) is 8.03. The molecule has 1 amide bonds. The van der Waals surface area contributed by atoms with E-state index in [2.05, 4.69) is 10.6 Å².